The Bertz CT molecular complexity index is 1070. The van der Waals surface area contributed by atoms with Crippen LogP contribution in [0, 0.1) is 0 Å². The Morgan fingerprint density at radius 2 is 1.74 bits per heavy atom. The largest absolute Gasteiger partial charge is 0.382 e. The zero-order valence-electron chi connectivity index (χ0n) is 14.8. The summed E-state index contributed by atoms with van der Waals surface area (Å²) < 4.78 is 28.7. The van der Waals surface area contributed by atoms with Crippen LogP contribution in [-0.2, 0) is 16.4 Å². The lowest BCUT2D eigenvalue weighted by molar-refractivity contribution is 0.601. The SMILES string of the molecule is C[C@@H]1Cc2cc(S(=O)(=O)Nc3ccccc3Sc3ccccc3)ccc2N1. The van der Waals surface area contributed by atoms with Gasteiger partial charge >= 0.3 is 0 Å². The average molecular weight is 397 g/mol. The molecule has 0 unspecified atom stereocenters. The van der Waals surface area contributed by atoms with Crippen molar-refractivity contribution in [1.82, 2.24) is 0 Å². The van der Waals surface area contributed by atoms with Crippen molar-refractivity contribution < 1.29 is 8.42 Å². The molecule has 0 saturated heterocycles. The number of hydrogen-bond donors (Lipinski definition) is 2. The number of sulfonamides is 1. The van der Waals surface area contributed by atoms with Gasteiger partial charge in [-0.05, 0) is 61.4 Å². The summed E-state index contributed by atoms with van der Waals surface area (Å²) in [6.45, 7) is 2.09. The van der Waals surface area contributed by atoms with Crippen LogP contribution in [0.2, 0.25) is 0 Å². The van der Waals surface area contributed by atoms with E-state index in [1.807, 2.05) is 54.6 Å². The number of nitrogens with one attached hydrogen (secondary N) is 2. The molecular formula is C21H20N2O2S2. The Morgan fingerprint density at radius 1 is 1.00 bits per heavy atom. The first kappa shape index (κ1) is 17.9. The van der Waals surface area contributed by atoms with Crippen molar-refractivity contribution in [2.45, 2.75) is 34.1 Å². The zero-order valence-corrected chi connectivity index (χ0v) is 16.5. The molecule has 0 amide bonds. The minimum Gasteiger partial charge on any atom is -0.382 e. The molecule has 0 fully saturated rings. The van der Waals surface area contributed by atoms with Crippen LogP contribution in [0.1, 0.15) is 12.5 Å². The number of fused-ring (bicyclic) bond motifs is 1. The third-order valence-corrected chi connectivity index (χ3v) is 6.86. The van der Waals surface area contributed by atoms with E-state index in [0.29, 0.717) is 11.7 Å². The lowest BCUT2D eigenvalue weighted by Crippen LogP contribution is -2.13. The third-order valence-electron chi connectivity index (χ3n) is 4.42. The molecule has 1 aliphatic rings. The molecule has 0 aromatic heterocycles. The van der Waals surface area contributed by atoms with Gasteiger partial charge in [0.15, 0.2) is 0 Å². The maximum absolute atomic E-state index is 12.9. The van der Waals surface area contributed by atoms with Crippen molar-refractivity contribution in [3.8, 4) is 0 Å². The van der Waals surface area contributed by atoms with E-state index in [0.717, 1.165) is 27.5 Å². The third kappa shape index (κ3) is 3.96. The van der Waals surface area contributed by atoms with Crippen molar-refractivity contribution >= 4 is 33.2 Å². The van der Waals surface area contributed by atoms with Gasteiger partial charge in [-0.15, -0.1) is 0 Å². The Balaban J connectivity index is 1.61. The molecule has 0 bridgehead atoms. The summed E-state index contributed by atoms with van der Waals surface area (Å²) in [6.07, 6.45) is 0.832. The van der Waals surface area contributed by atoms with E-state index in [2.05, 4.69) is 17.0 Å². The standard InChI is InChI=1S/C21H20N2O2S2/c1-15-13-16-14-18(11-12-19(16)22-15)27(24,25)23-20-9-5-6-10-21(20)26-17-7-3-2-4-8-17/h2-12,14-15,22-23H,13H2,1H3/t15-/m1/s1. The second kappa shape index (κ2) is 7.29. The predicted octanol–water partition coefficient (Wildman–Crippen LogP) is 5.00. The van der Waals surface area contributed by atoms with Crippen molar-refractivity contribution in [1.29, 1.82) is 0 Å². The first-order valence-corrected chi connectivity index (χ1v) is 11.1. The van der Waals surface area contributed by atoms with Gasteiger partial charge in [0.25, 0.3) is 10.0 Å². The van der Waals surface area contributed by atoms with Crippen molar-refractivity contribution in [2.24, 2.45) is 0 Å². The van der Waals surface area contributed by atoms with Crippen LogP contribution in [-0.4, -0.2) is 14.5 Å². The van der Waals surface area contributed by atoms with Gasteiger partial charge in [-0.3, -0.25) is 4.72 Å². The molecule has 0 aliphatic carbocycles. The lowest BCUT2D eigenvalue weighted by Gasteiger charge is -2.13. The van der Waals surface area contributed by atoms with Crippen LogP contribution >= 0.6 is 11.8 Å². The highest BCUT2D eigenvalue weighted by atomic mass is 32.2. The van der Waals surface area contributed by atoms with Gasteiger partial charge in [0.05, 0.1) is 10.6 Å². The van der Waals surface area contributed by atoms with Crippen LogP contribution in [0.15, 0.2) is 87.5 Å². The Labute approximate surface area is 164 Å². The van der Waals surface area contributed by atoms with Gasteiger partial charge in [-0.25, -0.2) is 8.42 Å². The molecule has 27 heavy (non-hydrogen) atoms. The van der Waals surface area contributed by atoms with E-state index in [1.165, 1.54) is 11.8 Å². The van der Waals surface area contributed by atoms with Crippen LogP contribution in [0.3, 0.4) is 0 Å². The summed E-state index contributed by atoms with van der Waals surface area (Å²) in [5.41, 5.74) is 2.64. The fourth-order valence-corrected chi connectivity index (χ4v) is 5.27. The Hall–Kier alpha value is -2.44. The molecule has 0 saturated carbocycles. The topological polar surface area (TPSA) is 58.2 Å². The van der Waals surface area contributed by atoms with E-state index in [1.54, 1.807) is 18.2 Å². The normalized spacial score (nSPS) is 15.8. The lowest BCUT2D eigenvalue weighted by atomic mass is 10.1. The van der Waals surface area contributed by atoms with Crippen LogP contribution in [0.4, 0.5) is 11.4 Å². The highest BCUT2D eigenvalue weighted by molar-refractivity contribution is 7.99. The molecule has 0 radical (unpaired) electrons. The number of benzene rings is 3. The molecule has 4 rings (SSSR count). The summed E-state index contributed by atoms with van der Waals surface area (Å²) in [5.74, 6) is 0. The van der Waals surface area contributed by atoms with Gasteiger partial charge in [0.2, 0.25) is 0 Å². The van der Waals surface area contributed by atoms with Crippen molar-refractivity contribution in [2.75, 3.05) is 10.0 Å². The smallest absolute Gasteiger partial charge is 0.261 e. The quantitative estimate of drug-likeness (QED) is 0.637. The first-order chi connectivity index (χ1) is 13.0. The summed E-state index contributed by atoms with van der Waals surface area (Å²) in [5, 5.41) is 3.34. The molecule has 4 nitrogen and oxygen atoms in total. The highest BCUT2D eigenvalue weighted by Crippen LogP contribution is 2.35. The maximum atomic E-state index is 12.9. The fraction of sp³-hybridized carbons (Fsp3) is 0.143. The molecular weight excluding hydrogens is 376 g/mol. The number of hydrogen-bond acceptors (Lipinski definition) is 4. The first-order valence-electron chi connectivity index (χ1n) is 8.75. The van der Waals surface area contributed by atoms with Gasteiger partial charge in [-0.1, -0.05) is 42.1 Å². The van der Waals surface area contributed by atoms with E-state index < -0.39 is 10.0 Å². The van der Waals surface area contributed by atoms with E-state index >= 15 is 0 Å². The monoisotopic (exact) mass is 396 g/mol. The minimum atomic E-state index is -3.66. The molecule has 0 spiro atoms. The second-order valence-electron chi connectivity index (χ2n) is 6.59. The minimum absolute atomic E-state index is 0.289. The summed E-state index contributed by atoms with van der Waals surface area (Å²) in [7, 11) is -3.66. The Kier molecular flexibility index (Phi) is 4.85. The molecule has 1 heterocycles. The number of anilines is 2. The molecule has 138 valence electrons. The Morgan fingerprint density at radius 3 is 2.56 bits per heavy atom. The van der Waals surface area contributed by atoms with Crippen LogP contribution in [0.5, 0.6) is 0 Å². The van der Waals surface area contributed by atoms with E-state index in [-0.39, 0.29) is 4.90 Å². The average Bonchev–Trinajstić information content (AvgIpc) is 3.03. The van der Waals surface area contributed by atoms with E-state index in [9.17, 15) is 8.42 Å². The molecule has 1 atom stereocenters. The van der Waals surface area contributed by atoms with Crippen molar-refractivity contribution in [3.05, 3.63) is 78.4 Å². The summed E-state index contributed by atoms with van der Waals surface area (Å²) in [4.78, 5) is 2.21. The molecule has 2 N–H and O–H groups in total. The van der Waals surface area contributed by atoms with E-state index in [4.69, 9.17) is 0 Å². The highest BCUT2D eigenvalue weighted by Gasteiger charge is 2.22. The van der Waals surface area contributed by atoms with Crippen molar-refractivity contribution in [3.63, 3.8) is 0 Å². The number of para-hydroxylation sites is 1. The van der Waals surface area contributed by atoms with Gasteiger partial charge in [-0.2, -0.15) is 0 Å². The fourth-order valence-electron chi connectivity index (χ4n) is 3.15. The predicted molar refractivity (Wildman–Crippen MR) is 111 cm³/mol. The van der Waals surface area contributed by atoms with Gasteiger partial charge in [0.1, 0.15) is 0 Å². The molecule has 1 aliphatic heterocycles. The maximum Gasteiger partial charge on any atom is 0.261 e. The molecule has 6 heteroatoms. The summed E-state index contributed by atoms with van der Waals surface area (Å²) in [6, 6.07) is 22.9. The van der Waals surface area contributed by atoms with Gasteiger partial charge < -0.3 is 5.32 Å². The zero-order chi connectivity index (χ0) is 18.9. The van der Waals surface area contributed by atoms with Crippen LogP contribution in [0.25, 0.3) is 0 Å². The van der Waals surface area contributed by atoms with Gasteiger partial charge in [0, 0.05) is 21.5 Å². The summed E-state index contributed by atoms with van der Waals surface area (Å²) >= 11 is 1.53. The number of rotatable bonds is 5. The molecule has 3 aromatic rings. The molecule has 3 aromatic carbocycles. The second-order valence-corrected chi connectivity index (χ2v) is 9.38. The van der Waals surface area contributed by atoms with Crippen LogP contribution < -0.4 is 10.0 Å².